The Hall–Kier alpha value is -4.66. The van der Waals surface area contributed by atoms with Crippen LogP contribution in [0.15, 0.2) is 65.7 Å². The number of aliphatic hydroxyl groups is 4. The van der Waals surface area contributed by atoms with Gasteiger partial charge in [-0.05, 0) is 142 Å². The van der Waals surface area contributed by atoms with Crippen molar-refractivity contribution in [1.82, 2.24) is 5.32 Å². The predicted molar refractivity (Wildman–Crippen MR) is 264 cm³/mol. The molecule has 4 aromatic rings. The molecular weight excluding hydrogens is 865 g/mol. The van der Waals surface area contributed by atoms with E-state index < -0.39 is 29.6 Å². The number of fused-ring (bicyclic) bond motifs is 6. The molecule has 7 bridgehead atoms. The van der Waals surface area contributed by atoms with Crippen LogP contribution in [0, 0.1) is 58.7 Å². The van der Waals surface area contributed by atoms with Gasteiger partial charge in [-0.15, -0.1) is 28.6 Å². The van der Waals surface area contributed by atoms with Crippen LogP contribution in [0.2, 0.25) is 0 Å². The zero-order chi connectivity index (χ0) is 46.2. The van der Waals surface area contributed by atoms with Gasteiger partial charge in [-0.25, -0.2) is 4.99 Å². The van der Waals surface area contributed by atoms with Gasteiger partial charge in [-0.1, -0.05) is 61.3 Å². The Morgan fingerprint density at radius 3 is 2.59 bits per heavy atom. The van der Waals surface area contributed by atoms with Crippen molar-refractivity contribution in [3.63, 3.8) is 0 Å². The Morgan fingerprint density at radius 1 is 1.00 bits per heavy atom. The lowest BCUT2D eigenvalue weighted by molar-refractivity contribution is 0.0139. The first-order chi connectivity index (χ1) is 31.9. The molecule has 9 rings (SSSR count). The molecule has 0 saturated heterocycles. The smallest absolute Gasteiger partial charge is 0.189 e. The van der Waals surface area contributed by atoms with Crippen LogP contribution in [0.3, 0.4) is 0 Å². The topological polar surface area (TPSA) is 181 Å². The third-order valence-electron chi connectivity index (χ3n) is 15.7. The first-order valence-corrected chi connectivity index (χ1v) is 25.6. The van der Waals surface area contributed by atoms with Gasteiger partial charge in [0.05, 0.1) is 52.0 Å². The number of guanidine groups is 1. The Balaban J connectivity index is 1.19. The van der Waals surface area contributed by atoms with E-state index in [4.69, 9.17) is 10.7 Å². The average molecular weight is 929 g/mol. The van der Waals surface area contributed by atoms with Crippen molar-refractivity contribution in [2.45, 2.75) is 121 Å². The van der Waals surface area contributed by atoms with Crippen molar-refractivity contribution in [3.05, 3.63) is 92.7 Å². The number of carbonyl (C=O) groups excluding carboxylic acids is 1. The number of ketones is 1. The van der Waals surface area contributed by atoms with Crippen molar-refractivity contribution in [2.24, 2.45) is 45.7 Å². The molecule has 10 nitrogen and oxygen atoms in total. The molecule has 0 amide bonds. The Bertz CT molecular complexity index is 2570. The van der Waals surface area contributed by atoms with Gasteiger partial charge in [0.2, 0.25) is 0 Å². The van der Waals surface area contributed by atoms with Crippen molar-refractivity contribution in [3.8, 4) is 39.2 Å². The number of nitrogens with one attached hydrogen (secondary N) is 2. The molecule has 2 aromatic heterocycles. The normalized spacial score (nSPS) is 30.3. The Morgan fingerprint density at radius 2 is 1.80 bits per heavy atom. The standard InChI is InChI=1S/C54H64N4O6S2/c1-3-8-39-15-18-48(65-39)49-19-20-50(66-49)51(63)43-17-14-35-26-54(43)27-41(42(28-54)47(62)30-60)33-13-16-40-36(24-45(35)58-52(55)57-37-11-5-4-6-12-37)23-38(61)25-46(40)56-31-53(2,64)44(29-59)34-10-7-9-32(21-33)22-34/h7,9-10,15,18-20,22-23,25,33,35,37,41-45,47,56,59-62,64H,4-6,11-12,14,17,21,24,26-31H2,1-2H3,(H3,55,57,58)/t33-,35-,41-,42+,43-,44+,45-,47-,53-,54+/m1/s1. The van der Waals surface area contributed by atoms with Gasteiger partial charge < -0.3 is 41.9 Å². The van der Waals surface area contributed by atoms with Crippen LogP contribution in [0.1, 0.15) is 121 Å². The molecule has 0 unspecified atom stereocenters. The fourth-order valence-electron chi connectivity index (χ4n) is 12.5. The summed E-state index contributed by atoms with van der Waals surface area (Å²) in [7, 11) is 0. The number of anilines is 1. The number of rotatable bonds is 8. The number of β-amino-alcohol motifs (C(OH)–C–C–N with tert-alkyl or cyclic N) is 1. The monoisotopic (exact) mass is 928 g/mol. The second kappa shape index (κ2) is 19.5. The Kier molecular flexibility index (Phi) is 13.7. The SMILES string of the molecule is CC#Cc1ccc(-c2ccc(C(=O)[C@H]3CC[C@@H]4C[C@]35C[C@H]([C@H](O)CO)[C@H](C5)[C@@H]3C#Cc5c(cc(O)cc5NC[C@@](C)(O)[C@@H](CO)c5cccc(c5)C3)C[C@H]4N=C(N)NC3CCCCC3)s2)s1. The van der Waals surface area contributed by atoms with E-state index in [9.17, 15) is 25.5 Å². The molecule has 12 heteroatoms. The molecular formula is C54H64N4O6S2. The average Bonchev–Trinajstić information content (AvgIpc) is 4.07. The number of aliphatic hydroxyl groups excluding tert-OH is 3. The number of phenols is 1. The lowest BCUT2D eigenvalue weighted by Gasteiger charge is -2.46. The van der Waals surface area contributed by atoms with E-state index in [1.807, 2.05) is 37.3 Å². The summed E-state index contributed by atoms with van der Waals surface area (Å²) in [5.41, 5.74) is 8.80. The summed E-state index contributed by atoms with van der Waals surface area (Å²) < 4.78 is 0. The third-order valence-corrected chi connectivity index (χ3v) is 18.0. The summed E-state index contributed by atoms with van der Waals surface area (Å²) in [5.74, 6) is 12.2. The molecule has 1 spiro atoms. The highest BCUT2D eigenvalue weighted by atomic mass is 32.1. The highest BCUT2D eigenvalue weighted by Crippen LogP contribution is 2.62. The van der Waals surface area contributed by atoms with E-state index in [-0.39, 0.29) is 66.4 Å². The third kappa shape index (κ3) is 9.56. The maximum absolute atomic E-state index is 15.3. The predicted octanol–water partition coefficient (Wildman–Crippen LogP) is 7.84. The summed E-state index contributed by atoms with van der Waals surface area (Å²) >= 11 is 3.16. The van der Waals surface area contributed by atoms with Crippen LogP contribution in [0.4, 0.5) is 5.69 Å². The zero-order valence-electron chi connectivity index (χ0n) is 38.1. The van der Waals surface area contributed by atoms with E-state index in [1.54, 1.807) is 30.4 Å². The Labute approximate surface area is 397 Å². The second-order valence-corrected chi connectivity index (χ2v) is 22.2. The summed E-state index contributed by atoms with van der Waals surface area (Å²) in [4.78, 5) is 24.4. The molecule has 66 heavy (non-hydrogen) atoms. The highest BCUT2D eigenvalue weighted by Gasteiger charge is 2.58. The number of benzene rings is 2. The number of aliphatic imine (C=N–C) groups is 1. The van der Waals surface area contributed by atoms with Gasteiger partial charge in [0.1, 0.15) is 5.75 Å². The number of aromatic hydroxyl groups is 1. The summed E-state index contributed by atoms with van der Waals surface area (Å²) in [6, 6.07) is 19.5. The number of carbonyl (C=O) groups is 1. The summed E-state index contributed by atoms with van der Waals surface area (Å²) in [6.07, 6.45) is 8.71. The molecule has 4 aliphatic carbocycles. The fraction of sp³-hybridized carbons (Fsp3) is 0.519. The van der Waals surface area contributed by atoms with E-state index in [0.29, 0.717) is 55.7 Å². The molecule has 5 aliphatic rings. The van der Waals surface area contributed by atoms with Gasteiger partial charge in [-0.2, -0.15) is 0 Å². The van der Waals surface area contributed by atoms with E-state index in [0.717, 1.165) is 68.3 Å². The summed E-state index contributed by atoms with van der Waals surface area (Å²) in [5, 5.41) is 63.9. The largest absolute Gasteiger partial charge is 0.508 e. The molecule has 348 valence electrons. The number of hydrogen-bond acceptors (Lipinski definition) is 10. The molecule has 3 fully saturated rings. The molecule has 3 heterocycles. The number of nitrogens with two attached hydrogens (primary N) is 1. The molecule has 3 saturated carbocycles. The van der Waals surface area contributed by atoms with Gasteiger partial charge in [0, 0.05) is 46.2 Å². The highest BCUT2D eigenvalue weighted by molar-refractivity contribution is 7.23. The first-order valence-electron chi connectivity index (χ1n) is 24.0. The fourth-order valence-corrected chi connectivity index (χ4v) is 14.5. The number of thiophene rings is 2. The zero-order valence-corrected chi connectivity index (χ0v) is 39.7. The second-order valence-electron chi connectivity index (χ2n) is 20.1. The molecule has 9 N–H and O–H groups in total. The molecule has 10 atom stereocenters. The van der Waals surface area contributed by atoms with Crippen LogP contribution >= 0.6 is 22.7 Å². The quantitative estimate of drug-likeness (QED) is 0.0378. The first kappa shape index (κ1) is 46.5. The minimum atomic E-state index is -1.39. The number of Topliss-reactive ketones (excluding diaryl/α,β-unsaturated/α-hetero) is 1. The van der Waals surface area contributed by atoms with Crippen LogP contribution in [0.25, 0.3) is 9.75 Å². The van der Waals surface area contributed by atoms with Crippen LogP contribution in [0.5, 0.6) is 5.75 Å². The lowest BCUT2D eigenvalue weighted by Crippen LogP contribution is -2.45. The summed E-state index contributed by atoms with van der Waals surface area (Å²) in [6.45, 7) is 2.93. The maximum atomic E-state index is 15.3. The molecule has 1 aliphatic heterocycles. The van der Waals surface area contributed by atoms with Gasteiger partial charge in [-0.3, -0.25) is 4.79 Å². The maximum Gasteiger partial charge on any atom is 0.189 e. The van der Waals surface area contributed by atoms with Crippen LogP contribution in [-0.4, -0.2) is 80.8 Å². The van der Waals surface area contributed by atoms with Gasteiger partial charge in [0.15, 0.2) is 11.7 Å². The van der Waals surface area contributed by atoms with Crippen LogP contribution < -0.4 is 16.4 Å². The van der Waals surface area contributed by atoms with Crippen molar-refractivity contribution in [2.75, 3.05) is 25.1 Å². The number of phenolic OH excluding ortho intramolecular Hbond substituents is 1. The lowest BCUT2D eigenvalue weighted by atomic mass is 9.58. The van der Waals surface area contributed by atoms with Crippen molar-refractivity contribution >= 4 is 40.1 Å². The minimum absolute atomic E-state index is 0.00297. The van der Waals surface area contributed by atoms with Gasteiger partial charge >= 0.3 is 0 Å². The van der Waals surface area contributed by atoms with E-state index in [2.05, 4.69) is 52.5 Å². The van der Waals surface area contributed by atoms with Gasteiger partial charge in [0.25, 0.3) is 0 Å². The minimum Gasteiger partial charge on any atom is -0.508 e. The molecule has 0 radical (unpaired) electrons. The number of nitrogens with zero attached hydrogens (tertiary/aromatic N) is 1. The van der Waals surface area contributed by atoms with Crippen molar-refractivity contribution < 1.29 is 30.3 Å². The molecule has 2 aromatic carbocycles. The van der Waals surface area contributed by atoms with E-state index >= 15 is 4.79 Å². The van der Waals surface area contributed by atoms with Crippen LogP contribution in [-0.2, 0) is 12.8 Å². The number of hydrogen-bond donors (Lipinski definition) is 8. The van der Waals surface area contributed by atoms with E-state index in [1.165, 1.54) is 17.8 Å². The van der Waals surface area contributed by atoms with Crippen molar-refractivity contribution in [1.29, 1.82) is 0 Å².